The first-order valence-electron chi connectivity index (χ1n) is 5.60. The summed E-state index contributed by atoms with van der Waals surface area (Å²) in [6, 6.07) is 5.77. The van der Waals surface area contributed by atoms with E-state index in [9.17, 15) is 18.0 Å². The summed E-state index contributed by atoms with van der Waals surface area (Å²) >= 11 is 0. The molecule has 0 atom stereocenters. The minimum Gasteiger partial charge on any atom is -0.338 e. The summed E-state index contributed by atoms with van der Waals surface area (Å²) in [6.07, 6.45) is -4.37. The maximum atomic E-state index is 12.2. The van der Waals surface area contributed by atoms with Gasteiger partial charge in [-0.25, -0.2) is 0 Å². The van der Waals surface area contributed by atoms with Gasteiger partial charge in [0.1, 0.15) is 0 Å². The number of benzene rings is 1. The van der Waals surface area contributed by atoms with Gasteiger partial charge in [0.25, 0.3) is 0 Å². The molecule has 0 unspecified atom stereocenters. The number of nitrogens with zero attached hydrogens (tertiary/aromatic N) is 1. The minimum absolute atomic E-state index is 0.0578. The van der Waals surface area contributed by atoms with E-state index in [0.717, 1.165) is 16.7 Å². The zero-order valence-electron chi connectivity index (χ0n) is 10.6. The van der Waals surface area contributed by atoms with Crippen molar-refractivity contribution in [3.63, 3.8) is 0 Å². The number of halogens is 3. The van der Waals surface area contributed by atoms with Crippen molar-refractivity contribution < 1.29 is 18.0 Å². The van der Waals surface area contributed by atoms with Crippen LogP contribution in [0.15, 0.2) is 18.2 Å². The summed E-state index contributed by atoms with van der Waals surface area (Å²) < 4.78 is 36.5. The van der Waals surface area contributed by atoms with Gasteiger partial charge in [-0.2, -0.15) is 13.2 Å². The normalized spacial score (nSPS) is 11.4. The second-order valence-corrected chi connectivity index (χ2v) is 4.40. The number of carbonyl (C=O) groups excluding carboxylic acids is 1. The van der Waals surface area contributed by atoms with E-state index < -0.39 is 12.1 Å². The predicted octanol–water partition coefficient (Wildman–Crippen LogP) is 2.87. The highest BCUT2D eigenvalue weighted by atomic mass is 19.4. The first kappa shape index (κ1) is 14.5. The molecule has 1 rings (SSSR count). The van der Waals surface area contributed by atoms with Gasteiger partial charge in [-0.1, -0.05) is 23.8 Å². The average Bonchev–Trinajstić information content (AvgIpc) is 2.25. The average molecular weight is 259 g/mol. The van der Waals surface area contributed by atoms with E-state index in [2.05, 4.69) is 0 Å². The van der Waals surface area contributed by atoms with Gasteiger partial charge < -0.3 is 4.90 Å². The summed E-state index contributed by atoms with van der Waals surface area (Å²) in [5.41, 5.74) is 3.10. The number of aryl methyl sites for hydroxylation is 2. The van der Waals surface area contributed by atoms with Crippen LogP contribution in [0.2, 0.25) is 0 Å². The SMILES string of the molecule is Cc1ccc(CCN(C)C(=O)C(F)(F)F)c(C)c1. The molecule has 0 aliphatic heterocycles. The summed E-state index contributed by atoms with van der Waals surface area (Å²) in [7, 11) is 1.17. The van der Waals surface area contributed by atoms with Gasteiger partial charge in [-0.05, 0) is 31.4 Å². The Morgan fingerprint density at radius 1 is 1.28 bits per heavy atom. The zero-order valence-corrected chi connectivity index (χ0v) is 10.6. The van der Waals surface area contributed by atoms with Gasteiger partial charge in [0.05, 0.1) is 0 Å². The van der Waals surface area contributed by atoms with Crippen molar-refractivity contribution in [2.24, 2.45) is 0 Å². The fraction of sp³-hybridized carbons (Fsp3) is 0.462. The third-order valence-corrected chi connectivity index (χ3v) is 2.80. The lowest BCUT2D eigenvalue weighted by atomic mass is 10.0. The molecular formula is C13H16F3NO. The molecule has 1 amide bonds. The Morgan fingerprint density at radius 2 is 1.89 bits per heavy atom. The maximum absolute atomic E-state index is 12.2. The van der Waals surface area contributed by atoms with Crippen LogP contribution in [0.25, 0.3) is 0 Å². The molecular weight excluding hydrogens is 243 g/mol. The van der Waals surface area contributed by atoms with Crippen molar-refractivity contribution in [3.8, 4) is 0 Å². The smallest absolute Gasteiger partial charge is 0.338 e. The number of rotatable bonds is 3. The Hall–Kier alpha value is -1.52. The van der Waals surface area contributed by atoms with Crippen LogP contribution >= 0.6 is 0 Å². The fourth-order valence-electron chi connectivity index (χ4n) is 1.73. The molecule has 0 aliphatic carbocycles. The molecule has 0 aliphatic rings. The molecule has 1 aromatic carbocycles. The van der Waals surface area contributed by atoms with Crippen molar-refractivity contribution in [2.45, 2.75) is 26.4 Å². The maximum Gasteiger partial charge on any atom is 0.471 e. The summed E-state index contributed by atoms with van der Waals surface area (Å²) in [6.45, 7) is 3.92. The molecule has 0 bridgehead atoms. The number of alkyl halides is 3. The van der Waals surface area contributed by atoms with E-state index in [-0.39, 0.29) is 6.54 Å². The van der Waals surface area contributed by atoms with Crippen LogP contribution < -0.4 is 0 Å². The van der Waals surface area contributed by atoms with Crippen LogP contribution in [0.3, 0.4) is 0 Å². The van der Waals surface area contributed by atoms with Crippen LogP contribution in [-0.2, 0) is 11.2 Å². The highest BCUT2D eigenvalue weighted by molar-refractivity contribution is 5.81. The van der Waals surface area contributed by atoms with Crippen LogP contribution in [-0.4, -0.2) is 30.6 Å². The molecule has 0 aromatic heterocycles. The van der Waals surface area contributed by atoms with E-state index in [1.165, 1.54) is 7.05 Å². The third-order valence-electron chi connectivity index (χ3n) is 2.80. The van der Waals surface area contributed by atoms with E-state index in [4.69, 9.17) is 0 Å². The number of likely N-dealkylation sites (N-methyl/N-ethyl adjacent to an activating group) is 1. The summed E-state index contributed by atoms with van der Waals surface area (Å²) in [5, 5.41) is 0. The Balaban J connectivity index is 2.63. The predicted molar refractivity (Wildman–Crippen MR) is 63.3 cm³/mol. The third kappa shape index (κ3) is 3.75. The standard InChI is InChI=1S/C13H16F3NO/c1-9-4-5-11(10(2)8-9)6-7-17(3)12(18)13(14,15)16/h4-5,8H,6-7H2,1-3H3. The van der Waals surface area contributed by atoms with Gasteiger partial charge in [0, 0.05) is 13.6 Å². The van der Waals surface area contributed by atoms with Crippen LogP contribution in [0, 0.1) is 13.8 Å². The van der Waals surface area contributed by atoms with Crippen LogP contribution in [0.1, 0.15) is 16.7 Å². The van der Waals surface area contributed by atoms with Gasteiger partial charge in [-0.3, -0.25) is 4.79 Å². The lowest BCUT2D eigenvalue weighted by molar-refractivity contribution is -0.184. The molecule has 0 saturated heterocycles. The van der Waals surface area contributed by atoms with E-state index in [0.29, 0.717) is 11.3 Å². The minimum atomic E-state index is -4.79. The van der Waals surface area contributed by atoms with Crippen LogP contribution in [0.4, 0.5) is 13.2 Å². The van der Waals surface area contributed by atoms with Crippen molar-refractivity contribution in [2.75, 3.05) is 13.6 Å². The van der Waals surface area contributed by atoms with Gasteiger partial charge in [0.15, 0.2) is 0 Å². The fourth-order valence-corrected chi connectivity index (χ4v) is 1.73. The molecule has 0 saturated carbocycles. The van der Waals surface area contributed by atoms with Crippen molar-refractivity contribution >= 4 is 5.91 Å². The Labute approximate surface area is 104 Å². The first-order chi connectivity index (χ1) is 8.21. The van der Waals surface area contributed by atoms with E-state index >= 15 is 0 Å². The number of hydrogen-bond acceptors (Lipinski definition) is 1. The Bertz CT molecular complexity index is 440. The quantitative estimate of drug-likeness (QED) is 0.817. The largest absolute Gasteiger partial charge is 0.471 e. The molecule has 100 valence electrons. The van der Waals surface area contributed by atoms with Gasteiger partial charge in [0.2, 0.25) is 0 Å². The summed E-state index contributed by atoms with van der Waals surface area (Å²) in [5.74, 6) is -1.80. The Morgan fingerprint density at radius 3 is 2.39 bits per heavy atom. The Kier molecular flexibility index (Phi) is 4.38. The lowest BCUT2D eigenvalue weighted by Crippen LogP contribution is -2.39. The van der Waals surface area contributed by atoms with Crippen molar-refractivity contribution in [3.05, 3.63) is 34.9 Å². The number of carbonyl (C=O) groups is 1. The van der Waals surface area contributed by atoms with Gasteiger partial charge >= 0.3 is 12.1 Å². The monoisotopic (exact) mass is 259 g/mol. The second kappa shape index (κ2) is 5.42. The molecule has 0 fully saturated rings. The summed E-state index contributed by atoms with van der Waals surface area (Å²) in [4.78, 5) is 11.6. The molecule has 2 nitrogen and oxygen atoms in total. The van der Waals surface area contributed by atoms with Crippen molar-refractivity contribution in [1.29, 1.82) is 0 Å². The number of amides is 1. The molecule has 0 spiro atoms. The zero-order chi connectivity index (χ0) is 13.9. The molecule has 1 aromatic rings. The number of hydrogen-bond donors (Lipinski definition) is 0. The highest BCUT2D eigenvalue weighted by Gasteiger charge is 2.40. The van der Waals surface area contributed by atoms with E-state index in [1.54, 1.807) is 0 Å². The molecule has 5 heteroatoms. The molecule has 0 heterocycles. The molecule has 18 heavy (non-hydrogen) atoms. The molecule has 0 radical (unpaired) electrons. The lowest BCUT2D eigenvalue weighted by Gasteiger charge is -2.19. The van der Waals surface area contributed by atoms with Crippen molar-refractivity contribution in [1.82, 2.24) is 4.90 Å². The highest BCUT2D eigenvalue weighted by Crippen LogP contribution is 2.18. The molecule has 0 N–H and O–H groups in total. The topological polar surface area (TPSA) is 20.3 Å². The second-order valence-electron chi connectivity index (χ2n) is 4.40. The first-order valence-corrected chi connectivity index (χ1v) is 5.60. The van der Waals surface area contributed by atoms with E-state index in [1.807, 2.05) is 32.0 Å². The van der Waals surface area contributed by atoms with Crippen LogP contribution in [0.5, 0.6) is 0 Å². The van der Waals surface area contributed by atoms with Gasteiger partial charge in [-0.15, -0.1) is 0 Å².